The highest BCUT2D eigenvalue weighted by Crippen LogP contribution is 2.29. The molecule has 0 aliphatic carbocycles. The number of hydrogen-bond acceptors (Lipinski definition) is 5. The van der Waals surface area contributed by atoms with Crippen LogP contribution in [0.4, 0.5) is 5.69 Å². The molecule has 4 rings (SSSR count). The molecule has 0 aromatic heterocycles. The molecule has 2 aliphatic heterocycles. The number of hydrogen-bond donors (Lipinski definition) is 2. The van der Waals surface area contributed by atoms with Gasteiger partial charge in [0.15, 0.2) is 6.10 Å². The molecule has 2 heterocycles. The normalized spacial score (nSPS) is 19.2. The number of carbonyl (C=O) groups is 2. The zero-order chi connectivity index (χ0) is 21.5. The largest absolute Gasteiger partial charge is 0.478 e. The van der Waals surface area contributed by atoms with Crippen molar-refractivity contribution in [1.29, 1.82) is 0 Å². The minimum Gasteiger partial charge on any atom is -0.478 e. The zero-order valence-electron chi connectivity index (χ0n) is 17.8. The van der Waals surface area contributed by atoms with Gasteiger partial charge in [0, 0.05) is 39.3 Å². The van der Waals surface area contributed by atoms with Gasteiger partial charge in [-0.3, -0.25) is 14.5 Å². The van der Waals surface area contributed by atoms with Crippen molar-refractivity contribution in [2.45, 2.75) is 25.5 Å². The molecule has 2 N–H and O–H groups in total. The first-order valence-electron chi connectivity index (χ1n) is 11.0. The Morgan fingerprint density at radius 1 is 1.00 bits per heavy atom. The van der Waals surface area contributed by atoms with E-state index in [9.17, 15) is 9.59 Å². The first kappa shape index (κ1) is 21.3. The third-order valence-electron chi connectivity index (χ3n) is 5.76. The van der Waals surface area contributed by atoms with Gasteiger partial charge in [0.2, 0.25) is 5.91 Å². The average Bonchev–Trinajstić information content (AvgIpc) is 2.79. The van der Waals surface area contributed by atoms with Crippen LogP contribution in [0.5, 0.6) is 5.75 Å². The highest BCUT2D eigenvalue weighted by Gasteiger charge is 2.29. The topological polar surface area (TPSA) is 73.9 Å². The van der Waals surface area contributed by atoms with Crippen molar-refractivity contribution in [1.82, 2.24) is 15.1 Å². The Bertz CT molecular complexity index is 881. The van der Waals surface area contributed by atoms with E-state index in [0.717, 1.165) is 45.7 Å². The monoisotopic (exact) mass is 422 g/mol. The van der Waals surface area contributed by atoms with Crippen LogP contribution in [0.2, 0.25) is 0 Å². The summed E-state index contributed by atoms with van der Waals surface area (Å²) in [6.45, 7) is 6.81. The Labute approximate surface area is 183 Å². The summed E-state index contributed by atoms with van der Waals surface area (Å²) in [6, 6.07) is 17.8. The van der Waals surface area contributed by atoms with Gasteiger partial charge < -0.3 is 20.3 Å². The highest BCUT2D eigenvalue weighted by molar-refractivity contribution is 5.99. The van der Waals surface area contributed by atoms with E-state index in [4.69, 9.17) is 4.74 Å². The number of para-hydroxylation sites is 2. The van der Waals surface area contributed by atoms with Gasteiger partial charge in [-0.1, -0.05) is 42.5 Å². The number of fused-ring (bicyclic) bond motifs is 1. The summed E-state index contributed by atoms with van der Waals surface area (Å²) in [5.41, 5.74) is 2.01. The van der Waals surface area contributed by atoms with Gasteiger partial charge in [-0.2, -0.15) is 0 Å². The Morgan fingerprint density at radius 3 is 2.52 bits per heavy atom. The molecule has 2 aromatic carbocycles. The third-order valence-corrected chi connectivity index (χ3v) is 5.76. The Kier molecular flexibility index (Phi) is 7.17. The number of piperazine rings is 1. The fourth-order valence-corrected chi connectivity index (χ4v) is 4.01. The molecule has 0 radical (unpaired) electrons. The van der Waals surface area contributed by atoms with E-state index < -0.39 is 6.10 Å². The smallest absolute Gasteiger partial charge is 0.266 e. The standard InChI is InChI=1S/C24H30N4O3/c29-23(17-22-24(30)26-20-9-4-5-10-21(20)31-22)25-11-6-12-27-13-15-28(16-14-27)18-19-7-2-1-3-8-19/h1-5,7-10,22H,6,11-18H2,(H,25,29)(H,26,30)/t22-/m1/s1. The second-order valence-electron chi connectivity index (χ2n) is 8.10. The van der Waals surface area contributed by atoms with E-state index in [0.29, 0.717) is 18.0 Å². The second-order valence-corrected chi connectivity index (χ2v) is 8.10. The summed E-state index contributed by atoms with van der Waals surface area (Å²) in [5.74, 6) is 0.167. The molecule has 7 nitrogen and oxygen atoms in total. The lowest BCUT2D eigenvalue weighted by Crippen LogP contribution is -2.46. The molecule has 7 heteroatoms. The molecule has 1 saturated heterocycles. The van der Waals surface area contributed by atoms with Crippen LogP contribution >= 0.6 is 0 Å². The Morgan fingerprint density at radius 2 is 1.71 bits per heavy atom. The first-order valence-corrected chi connectivity index (χ1v) is 11.0. The summed E-state index contributed by atoms with van der Waals surface area (Å²) in [7, 11) is 0. The van der Waals surface area contributed by atoms with E-state index >= 15 is 0 Å². The summed E-state index contributed by atoms with van der Waals surface area (Å²) >= 11 is 0. The number of benzene rings is 2. The van der Waals surface area contributed by atoms with E-state index in [1.54, 1.807) is 12.1 Å². The number of anilines is 1. The van der Waals surface area contributed by atoms with E-state index in [-0.39, 0.29) is 18.2 Å². The molecular weight excluding hydrogens is 392 g/mol. The van der Waals surface area contributed by atoms with Crippen molar-refractivity contribution in [2.24, 2.45) is 0 Å². The molecule has 2 amide bonds. The molecule has 0 bridgehead atoms. The molecule has 1 fully saturated rings. The van der Waals surface area contributed by atoms with Crippen LogP contribution < -0.4 is 15.4 Å². The van der Waals surface area contributed by atoms with E-state index in [2.05, 4.69) is 50.8 Å². The summed E-state index contributed by atoms with van der Waals surface area (Å²) < 4.78 is 5.68. The Balaban J connectivity index is 1.10. The molecule has 2 aliphatic rings. The number of nitrogens with zero attached hydrogens (tertiary/aromatic N) is 2. The lowest BCUT2D eigenvalue weighted by Gasteiger charge is -2.34. The van der Waals surface area contributed by atoms with Crippen LogP contribution in [0.1, 0.15) is 18.4 Å². The van der Waals surface area contributed by atoms with Crippen molar-refractivity contribution >= 4 is 17.5 Å². The number of nitrogens with one attached hydrogen (secondary N) is 2. The summed E-state index contributed by atoms with van der Waals surface area (Å²) in [6.07, 6.45) is 0.135. The SMILES string of the molecule is O=C(C[C@H]1Oc2ccccc2NC1=O)NCCCN1CCN(Cc2ccccc2)CC1. The van der Waals surface area contributed by atoms with Gasteiger partial charge in [0.1, 0.15) is 5.75 Å². The van der Waals surface area contributed by atoms with Gasteiger partial charge in [-0.15, -0.1) is 0 Å². The second kappa shape index (κ2) is 10.4. The van der Waals surface area contributed by atoms with Gasteiger partial charge in [0.05, 0.1) is 12.1 Å². The maximum atomic E-state index is 12.2. The van der Waals surface area contributed by atoms with Crippen LogP contribution in [-0.4, -0.2) is 67.0 Å². The van der Waals surface area contributed by atoms with Crippen LogP contribution in [0, 0.1) is 0 Å². The predicted octanol–water partition coefficient (Wildman–Crippen LogP) is 2.10. The minimum atomic E-state index is -0.785. The molecule has 0 unspecified atom stereocenters. The molecule has 31 heavy (non-hydrogen) atoms. The van der Waals surface area contributed by atoms with Crippen molar-refractivity contribution < 1.29 is 14.3 Å². The number of amides is 2. The maximum Gasteiger partial charge on any atom is 0.266 e. The van der Waals surface area contributed by atoms with Gasteiger partial charge in [-0.25, -0.2) is 0 Å². The fourth-order valence-electron chi connectivity index (χ4n) is 4.01. The first-order chi connectivity index (χ1) is 15.2. The van der Waals surface area contributed by atoms with Gasteiger partial charge >= 0.3 is 0 Å². The number of rotatable bonds is 8. The quantitative estimate of drug-likeness (QED) is 0.638. The van der Waals surface area contributed by atoms with Crippen molar-refractivity contribution in [3.8, 4) is 5.75 Å². The average molecular weight is 423 g/mol. The molecule has 0 spiro atoms. The summed E-state index contributed by atoms with van der Waals surface area (Å²) in [4.78, 5) is 29.3. The van der Waals surface area contributed by atoms with Crippen molar-refractivity contribution in [2.75, 3.05) is 44.6 Å². The van der Waals surface area contributed by atoms with E-state index in [1.165, 1.54) is 5.56 Å². The lowest BCUT2D eigenvalue weighted by atomic mass is 10.1. The third kappa shape index (κ3) is 6.06. The molecule has 2 aromatic rings. The zero-order valence-corrected chi connectivity index (χ0v) is 17.8. The van der Waals surface area contributed by atoms with Gasteiger partial charge in [-0.05, 0) is 30.7 Å². The van der Waals surface area contributed by atoms with Crippen molar-refractivity contribution in [3.05, 3.63) is 60.2 Å². The highest BCUT2D eigenvalue weighted by atomic mass is 16.5. The maximum absolute atomic E-state index is 12.2. The molecule has 0 saturated carbocycles. The van der Waals surface area contributed by atoms with Crippen molar-refractivity contribution in [3.63, 3.8) is 0 Å². The minimum absolute atomic E-state index is 0.0261. The molecule has 164 valence electrons. The van der Waals surface area contributed by atoms with Crippen LogP contribution in [-0.2, 0) is 16.1 Å². The number of ether oxygens (including phenoxy) is 1. The fraction of sp³-hybridized carbons (Fsp3) is 0.417. The van der Waals surface area contributed by atoms with Crippen LogP contribution in [0.25, 0.3) is 0 Å². The van der Waals surface area contributed by atoms with Crippen LogP contribution in [0.3, 0.4) is 0 Å². The van der Waals surface area contributed by atoms with Gasteiger partial charge in [0.25, 0.3) is 5.91 Å². The summed E-state index contributed by atoms with van der Waals surface area (Å²) in [5, 5.41) is 5.71. The Hall–Kier alpha value is -2.90. The van der Waals surface area contributed by atoms with Crippen LogP contribution in [0.15, 0.2) is 54.6 Å². The lowest BCUT2D eigenvalue weighted by molar-refractivity contribution is -0.130. The molecular formula is C24H30N4O3. The predicted molar refractivity (Wildman–Crippen MR) is 120 cm³/mol. The number of carbonyl (C=O) groups excluding carboxylic acids is 2. The molecule has 1 atom stereocenters. The van der Waals surface area contributed by atoms with E-state index in [1.807, 2.05) is 12.1 Å².